The van der Waals surface area contributed by atoms with E-state index in [0.29, 0.717) is 30.1 Å². The van der Waals surface area contributed by atoms with Gasteiger partial charge in [0.15, 0.2) is 5.78 Å². The number of ketones is 1. The van der Waals surface area contributed by atoms with Crippen molar-refractivity contribution in [3.8, 4) is 0 Å². The summed E-state index contributed by atoms with van der Waals surface area (Å²) in [4.78, 5) is 24.6. The molecule has 7 aliphatic rings. The summed E-state index contributed by atoms with van der Waals surface area (Å²) in [5, 5.41) is 0. The number of fused-ring (bicyclic) bond motifs is 12. The average Bonchev–Trinajstić information content (AvgIpc) is 3.54. The molecule has 148 valence electrons. The van der Waals surface area contributed by atoms with Gasteiger partial charge in [0.1, 0.15) is 5.60 Å². The molecule has 1 aliphatic heterocycles. The van der Waals surface area contributed by atoms with E-state index in [1.54, 1.807) is 0 Å². The van der Waals surface area contributed by atoms with E-state index >= 15 is 0 Å². The van der Waals surface area contributed by atoms with Gasteiger partial charge in [-0.3, -0.25) is 9.59 Å². The third kappa shape index (κ3) is 1.57. The average molecular weight is 379 g/mol. The Morgan fingerprint density at radius 2 is 1.89 bits per heavy atom. The molecule has 1 spiro atoms. The molecule has 7 rings (SSSR count). The van der Waals surface area contributed by atoms with Gasteiger partial charge in [0, 0.05) is 23.2 Å². The van der Waals surface area contributed by atoms with E-state index in [1.165, 1.54) is 31.3 Å². The van der Waals surface area contributed by atoms with Crippen LogP contribution in [0.2, 0.25) is 0 Å². The molecule has 1 saturated heterocycles. The highest BCUT2D eigenvalue weighted by Crippen LogP contribution is 2.82. The third-order valence-corrected chi connectivity index (χ3v) is 10.8. The zero-order chi connectivity index (χ0) is 19.2. The molecule has 0 radical (unpaired) electrons. The fraction of sp³-hybridized carbons (Fsp3) is 0.760. The third-order valence-electron chi connectivity index (χ3n) is 10.8. The summed E-state index contributed by atoms with van der Waals surface area (Å²) in [6.45, 7) is 6.91. The smallest absolute Gasteiger partial charge is 0.306 e. The van der Waals surface area contributed by atoms with Crippen molar-refractivity contribution in [2.45, 2.75) is 64.9 Å². The molecule has 0 bridgehead atoms. The van der Waals surface area contributed by atoms with Crippen LogP contribution in [0.1, 0.15) is 59.3 Å². The first-order valence-corrected chi connectivity index (χ1v) is 11.5. The van der Waals surface area contributed by atoms with Crippen LogP contribution in [0.5, 0.6) is 0 Å². The number of hydrogen-bond acceptors (Lipinski definition) is 3. The molecule has 0 amide bonds. The van der Waals surface area contributed by atoms with Gasteiger partial charge in [-0.25, -0.2) is 0 Å². The standard InChI is InChI=1S/C25H30O3/c1-12-11-23(2)16-4-6-24(3)22(15-9-18(15)25(24)7-5-20(27)28-25)21(16)14-8-13(14)17(23)10-19(12)26/h10-11,13-16,18,21-22H,4-9H2,1-3H3/t13?,14?,15?,16?,18?,21?,22?,23?,24?,25-/m0/s1. The van der Waals surface area contributed by atoms with E-state index in [-0.39, 0.29) is 28.2 Å². The Kier molecular flexibility index (Phi) is 2.65. The molecule has 0 aromatic carbocycles. The van der Waals surface area contributed by atoms with E-state index in [1.807, 2.05) is 13.0 Å². The first-order chi connectivity index (χ1) is 13.3. The number of ether oxygens (including phenoxy) is 1. The first kappa shape index (κ1) is 16.4. The van der Waals surface area contributed by atoms with Crippen LogP contribution in [0.25, 0.3) is 0 Å². The van der Waals surface area contributed by atoms with Crippen LogP contribution in [0.15, 0.2) is 23.3 Å². The van der Waals surface area contributed by atoms with E-state index in [9.17, 15) is 9.59 Å². The van der Waals surface area contributed by atoms with Crippen molar-refractivity contribution in [2.75, 3.05) is 0 Å². The number of allylic oxidation sites excluding steroid dienone is 4. The monoisotopic (exact) mass is 378 g/mol. The lowest BCUT2D eigenvalue weighted by atomic mass is 9.46. The minimum absolute atomic E-state index is 0.0455. The summed E-state index contributed by atoms with van der Waals surface area (Å²) < 4.78 is 6.22. The molecule has 0 N–H and O–H groups in total. The van der Waals surface area contributed by atoms with Crippen molar-refractivity contribution in [1.29, 1.82) is 0 Å². The van der Waals surface area contributed by atoms with Gasteiger partial charge >= 0.3 is 5.97 Å². The molecular formula is C25H30O3. The molecule has 1 heterocycles. The molecule has 3 nitrogen and oxygen atoms in total. The number of carbonyl (C=O) groups excluding carboxylic acids is 2. The molecule has 10 atom stereocenters. The zero-order valence-corrected chi connectivity index (χ0v) is 17.2. The van der Waals surface area contributed by atoms with Gasteiger partial charge in [0.25, 0.3) is 0 Å². The van der Waals surface area contributed by atoms with Crippen LogP contribution in [-0.4, -0.2) is 17.4 Å². The molecule has 6 aliphatic carbocycles. The van der Waals surface area contributed by atoms with Crippen LogP contribution >= 0.6 is 0 Å². The van der Waals surface area contributed by atoms with E-state index in [2.05, 4.69) is 19.9 Å². The Morgan fingerprint density at radius 3 is 2.64 bits per heavy atom. The predicted molar refractivity (Wildman–Crippen MR) is 104 cm³/mol. The van der Waals surface area contributed by atoms with Gasteiger partial charge in [-0.15, -0.1) is 0 Å². The SMILES string of the molecule is CC1=CC2(C)C(=CC1=O)C1CC1C1C2CCC2(C)C1C1CC1[C@@]21CCC(=O)O1. The minimum Gasteiger partial charge on any atom is -0.458 e. The second kappa shape index (κ2) is 4.52. The maximum Gasteiger partial charge on any atom is 0.306 e. The number of rotatable bonds is 0. The molecular weight excluding hydrogens is 348 g/mol. The Hall–Kier alpha value is -1.38. The maximum absolute atomic E-state index is 12.4. The van der Waals surface area contributed by atoms with E-state index in [4.69, 9.17) is 4.74 Å². The summed E-state index contributed by atoms with van der Waals surface area (Å²) >= 11 is 0. The largest absolute Gasteiger partial charge is 0.458 e. The lowest BCUT2D eigenvalue weighted by Crippen LogP contribution is -2.57. The second-order valence-electron chi connectivity index (χ2n) is 11.6. The summed E-state index contributed by atoms with van der Waals surface area (Å²) in [5.41, 5.74) is 2.47. The molecule has 9 unspecified atom stereocenters. The van der Waals surface area contributed by atoms with Crippen molar-refractivity contribution in [2.24, 2.45) is 52.3 Å². The maximum atomic E-state index is 12.4. The van der Waals surface area contributed by atoms with Gasteiger partial charge in [-0.2, -0.15) is 0 Å². The van der Waals surface area contributed by atoms with Crippen molar-refractivity contribution in [1.82, 2.24) is 0 Å². The van der Waals surface area contributed by atoms with Crippen molar-refractivity contribution in [3.63, 3.8) is 0 Å². The fourth-order valence-corrected chi connectivity index (χ4v) is 9.67. The van der Waals surface area contributed by atoms with Crippen LogP contribution in [0.3, 0.4) is 0 Å². The van der Waals surface area contributed by atoms with Crippen molar-refractivity contribution >= 4 is 11.8 Å². The van der Waals surface area contributed by atoms with Gasteiger partial charge in [-0.05, 0) is 86.2 Å². The summed E-state index contributed by atoms with van der Waals surface area (Å²) in [6, 6.07) is 0. The molecule has 5 saturated carbocycles. The van der Waals surface area contributed by atoms with Gasteiger partial charge in [0.2, 0.25) is 0 Å². The zero-order valence-electron chi connectivity index (χ0n) is 17.2. The number of esters is 1. The fourth-order valence-electron chi connectivity index (χ4n) is 9.67. The molecule has 0 aromatic heterocycles. The van der Waals surface area contributed by atoms with E-state index in [0.717, 1.165) is 29.7 Å². The summed E-state index contributed by atoms with van der Waals surface area (Å²) in [7, 11) is 0. The van der Waals surface area contributed by atoms with Gasteiger partial charge in [-0.1, -0.05) is 25.5 Å². The van der Waals surface area contributed by atoms with Crippen LogP contribution in [-0.2, 0) is 14.3 Å². The molecule has 28 heavy (non-hydrogen) atoms. The Morgan fingerprint density at radius 1 is 1.07 bits per heavy atom. The normalized spacial score (nSPS) is 60.0. The molecule has 3 heteroatoms. The quantitative estimate of drug-likeness (QED) is 0.584. The van der Waals surface area contributed by atoms with Crippen molar-refractivity contribution in [3.05, 3.63) is 23.3 Å². The summed E-state index contributed by atoms with van der Waals surface area (Å²) in [6.07, 6.45) is 10.9. The Bertz CT molecular complexity index is 913. The number of carbonyl (C=O) groups is 2. The topological polar surface area (TPSA) is 43.4 Å². The second-order valence-corrected chi connectivity index (χ2v) is 11.6. The molecule has 6 fully saturated rings. The minimum atomic E-state index is -0.153. The molecule has 0 aromatic rings. The number of hydrogen-bond donors (Lipinski definition) is 0. The van der Waals surface area contributed by atoms with Crippen LogP contribution in [0.4, 0.5) is 0 Å². The lowest BCUT2D eigenvalue weighted by molar-refractivity contribution is -0.176. The van der Waals surface area contributed by atoms with Crippen LogP contribution < -0.4 is 0 Å². The summed E-state index contributed by atoms with van der Waals surface area (Å²) in [5.74, 6) is 5.18. The van der Waals surface area contributed by atoms with Gasteiger partial charge < -0.3 is 4.74 Å². The van der Waals surface area contributed by atoms with E-state index < -0.39 is 0 Å². The van der Waals surface area contributed by atoms with Crippen molar-refractivity contribution < 1.29 is 14.3 Å². The first-order valence-electron chi connectivity index (χ1n) is 11.5. The highest BCUT2D eigenvalue weighted by Gasteiger charge is 2.80. The highest BCUT2D eigenvalue weighted by atomic mass is 16.6. The lowest BCUT2D eigenvalue weighted by Gasteiger charge is -2.59. The Balaban J connectivity index is 1.34. The van der Waals surface area contributed by atoms with Gasteiger partial charge in [0.05, 0.1) is 0 Å². The predicted octanol–water partition coefficient (Wildman–Crippen LogP) is 4.47. The Labute approximate surface area is 167 Å². The van der Waals surface area contributed by atoms with Crippen LogP contribution in [0, 0.1) is 52.3 Å². The highest BCUT2D eigenvalue weighted by molar-refractivity contribution is 6.05.